The maximum Gasteiger partial charge on any atom is 0.339 e. The van der Waals surface area contributed by atoms with E-state index in [1.165, 1.54) is 18.5 Å². The van der Waals surface area contributed by atoms with E-state index in [4.69, 9.17) is 9.84 Å². The van der Waals surface area contributed by atoms with Crippen molar-refractivity contribution >= 4 is 5.97 Å². The van der Waals surface area contributed by atoms with E-state index in [1.54, 1.807) is 0 Å². The summed E-state index contributed by atoms with van der Waals surface area (Å²) in [6.07, 6.45) is 3.07. The van der Waals surface area contributed by atoms with E-state index in [2.05, 4.69) is 9.97 Å². The van der Waals surface area contributed by atoms with Crippen molar-refractivity contribution in [1.29, 1.82) is 0 Å². The van der Waals surface area contributed by atoms with E-state index < -0.39 is 11.8 Å². The first kappa shape index (κ1) is 12.0. The molecule has 18 heavy (non-hydrogen) atoms. The molecule has 92 valence electrons. The predicted molar refractivity (Wildman–Crippen MR) is 60.2 cm³/mol. The van der Waals surface area contributed by atoms with Crippen LogP contribution in [-0.4, -0.2) is 21.0 Å². The topological polar surface area (TPSA) is 72.3 Å². The lowest BCUT2D eigenvalue weighted by Crippen LogP contribution is -2.02. The Morgan fingerprint density at radius 3 is 2.61 bits per heavy atom. The van der Waals surface area contributed by atoms with Gasteiger partial charge in [0.1, 0.15) is 17.1 Å². The standard InChI is InChI=1S/C12H9FN2O3/c1-7-5-14-12(15-6-7)18-10-3-2-8(13)4-9(10)11(16)17/h2-6H,1H3,(H,16,17). The number of rotatable bonds is 3. The van der Waals surface area contributed by atoms with Crippen LogP contribution >= 0.6 is 0 Å². The average Bonchev–Trinajstić information content (AvgIpc) is 2.34. The zero-order valence-corrected chi connectivity index (χ0v) is 9.42. The first-order valence-corrected chi connectivity index (χ1v) is 5.05. The third-order valence-electron chi connectivity index (χ3n) is 2.13. The van der Waals surface area contributed by atoms with Crippen LogP contribution in [0.5, 0.6) is 11.8 Å². The molecule has 2 rings (SSSR count). The molecular weight excluding hydrogens is 239 g/mol. The van der Waals surface area contributed by atoms with E-state index in [0.29, 0.717) is 0 Å². The number of aryl methyl sites for hydroxylation is 1. The van der Waals surface area contributed by atoms with Crippen LogP contribution in [0, 0.1) is 12.7 Å². The molecule has 0 fully saturated rings. The summed E-state index contributed by atoms with van der Waals surface area (Å²) < 4.78 is 18.2. The number of nitrogens with zero attached hydrogens (tertiary/aromatic N) is 2. The normalized spacial score (nSPS) is 10.1. The highest BCUT2D eigenvalue weighted by molar-refractivity contribution is 5.90. The van der Waals surface area contributed by atoms with Crippen LogP contribution in [0.4, 0.5) is 4.39 Å². The van der Waals surface area contributed by atoms with Gasteiger partial charge in [-0.15, -0.1) is 0 Å². The predicted octanol–water partition coefficient (Wildman–Crippen LogP) is 2.41. The molecule has 0 amide bonds. The molecule has 2 aromatic rings. The molecule has 5 nitrogen and oxygen atoms in total. The Morgan fingerprint density at radius 2 is 2.00 bits per heavy atom. The third kappa shape index (κ3) is 2.60. The molecule has 0 aliphatic heterocycles. The summed E-state index contributed by atoms with van der Waals surface area (Å²) in [5.41, 5.74) is 0.569. The Hall–Kier alpha value is -2.50. The number of carboxylic acid groups (broad SMARTS) is 1. The maximum atomic E-state index is 12.9. The summed E-state index contributed by atoms with van der Waals surface area (Å²) in [5, 5.41) is 8.92. The molecule has 0 saturated heterocycles. The Kier molecular flexibility index (Phi) is 3.18. The average molecular weight is 248 g/mol. The molecule has 0 bridgehead atoms. The molecule has 1 heterocycles. The number of hydrogen-bond donors (Lipinski definition) is 1. The highest BCUT2D eigenvalue weighted by atomic mass is 19.1. The zero-order valence-electron chi connectivity index (χ0n) is 9.42. The lowest BCUT2D eigenvalue weighted by Gasteiger charge is -2.06. The van der Waals surface area contributed by atoms with Gasteiger partial charge >= 0.3 is 12.0 Å². The van der Waals surface area contributed by atoms with E-state index >= 15 is 0 Å². The second kappa shape index (κ2) is 4.79. The third-order valence-corrected chi connectivity index (χ3v) is 2.13. The molecule has 0 saturated carbocycles. The van der Waals surface area contributed by atoms with Crippen molar-refractivity contribution < 1.29 is 19.0 Å². The number of aromatic carboxylic acids is 1. The number of carbonyl (C=O) groups is 1. The van der Waals surface area contributed by atoms with Crippen LogP contribution in [0.2, 0.25) is 0 Å². The Labute approximate surface area is 102 Å². The molecule has 1 N–H and O–H groups in total. The van der Waals surface area contributed by atoms with E-state index in [9.17, 15) is 9.18 Å². The van der Waals surface area contributed by atoms with Crippen molar-refractivity contribution in [1.82, 2.24) is 9.97 Å². The van der Waals surface area contributed by atoms with E-state index in [-0.39, 0.29) is 17.3 Å². The molecule has 6 heteroatoms. The number of carboxylic acids is 1. The fourth-order valence-electron chi connectivity index (χ4n) is 1.29. The van der Waals surface area contributed by atoms with Gasteiger partial charge in [-0.1, -0.05) is 0 Å². The number of aromatic nitrogens is 2. The minimum Gasteiger partial charge on any atom is -0.478 e. The summed E-state index contributed by atoms with van der Waals surface area (Å²) in [6.45, 7) is 1.81. The van der Waals surface area contributed by atoms with Crippen LogP contribution in [0.3, 0.4) is 0 Å². The SMILES string of the molecule is Cc1cnc(Oc2ccc(F)cc2C(=O)O)nc1. The molecular formula is C12H9FN2O3. The van der Waals surface area contributed by atoms with Gasteiger partial charge in [-0.05, 0) is 30.7 Å². The second-order valence-corrected chi connectivity index (χ2v) is 3.59. The van der Waals surface area contributed by atoms with Crippen molar-refractivity contribution in [2.75, 3.05) is 0 Å². The molecule has 1 aromatic heterocycles. The second-order valence-electron chi connectivity index (χ2n) is 3.59. The largest absolute Gasteiger partial charge is 0.478 e. The first-order chi connectivity index (χ1) is 8.56. The van der Waals surface area contributed by atoms with Gasteiger partial charge in [0.05, 0.1) is 0 Å². The summed E-state index contributed by atoms with van der Waals surface area (Å²) in [7, 11) is 0. The fourth-order valence-corrected chi connectivity index (χ4v) is 1.29. The van der Waals surface area contributed by atoms with Crippen LogP contribution in [0.1, 0.15) is 15.9 Å². The molecule has 0 spiro atoms. The summed E-state index contributed by atoms with van der Waals surface area (Å²) >= 11 is 0. The molecule has 1 aromatic carbocycles. The van der Waals surface area contributed by atoms with Crippen molar-refractivity contribution in [3.05, 3.63) is 47.5 Å². The fraction of sp³-hybridized carbons (Fsp3) is 0.0833. The Balaban J connectivity index is 2.34. The highest BCUT2D eigenvalue weighted by Crippen LogP contribution is 2.23. The number of ether oxygens (including phenoxy) is 1. The van der Waals surface area contributed by atoms with Crippen LogP contribution in [-0.2, 0) is 0 Å². The van der Waals surface area contributed by atoms with Gasteiger partial charge < -0.3 is 9.84 Å². The van der Waals surface area contributed by atoms with Crippen molar-refractivity contribution in [3.8, 4) is 11.8 Å². The Morgan fingerprint density at radius 1 is 1.33 bits per heavy atom. The van der Waals surface area contributed by atoms with Crippen molar-refractivity contribution in [3.63, 3.8) is 0 Å². The van der Waals surface area contributed by atoms with Crippen molar-refractivity contribution in [2.45, 2.75) is 6.92 Å². The monoisotopic (exact) mass is 248 g/mol. The Bertz CT molecular complexity index is 584. The lowest BCUT2D eigenvalue weighted by atomic mass is 10.2. The molecule has 0 unspecified atom stereocenters. The lowest BCUT2D eigenvalue weighted by molar-refractivity contribution is 0.0693. The van der Waals surface area contributed by atoms with Gasteiger partial charge in [0, 0.05) is 12.4 Å². The van der Waals surface area contributed by atoms with Crippen LogP contribution in [0.15, 0.2) is 30.6 Å². The molecule has 0 aliphatic rings. The smallest absolute Gasteiger partial charge is 0.339 e. The van der Waals surface area contributed by atoms with Gasteiger partial charge in [0.25, 0.3) is 0 Å². The molecule has 0 atom stereocenters. The number of halogens is 1. The number of hydrogen-bond acceptors (Lipinski definition) is 4. The van der Waals surface area contributed by atoms with E-state index in [0.717, 1.165) is 17.7 Å². The minimum atomic E-state index is -1.28. The summed E-state index contributed by atoms with van der Waals surface area (Å²) in [5.74, 6) is -1.94. The van der Waals surface area contributed by atoms with Gasteiger partial charge in [-0.2, -0.15) is 0 Å². The summed E-state index contributed by atoms with van der Waals surface area (Å²) in [4.78, 5) is 18.7. The van der Waals surface area contributed by atoms with Gasteiger partial charge in [-0.25, -0.2) is 19.2 Å². The quantitative estimate of drug-likeness (QED) is 0.902. The van der Waals surface area contributed by atoms with E-state index in [1.807, 2.05) is 6.92 Å². The van der Waals surface area contributed by atoms with Crippen LogP contribution < -0.4 is 4.74 Å². The van der Waals surface area contributed by atoms with Crippen LogP contribution in [0.25, 0.3) is 0 Å². The van der Waals surface area contributed by atoms with Gasteiger partial charge in [0.15, 0.2) is 0 Å². The zero-order chi connectivity index (χ0) is 13.1. The number of benzene rings is 1. The molecule has 0 radical (unpaired) electrons. The van der Waals surface area contributed by atoms with Gasteiger partial charge in [0.2, 0.25) is 0 Å². The highest BCUT2D eigenvalue weighted by Gasteiger charge is 2.14. The van der Waals surface area contributed by atoms with Gasteiger partial charge in [-0.3, -0.25) is 0 Å². The maximum absolute atomic E-state index is 12.9. The minimum absolute atomic E-state index is 0.00671. The first-order valence-electron chi connectivity index (χ1n) is 5.05. The summed E-state index contributed by atoms with van der Waals surface area (Å²) in [6, 6.07) is 3.22. The molecule has 0 aliphatic carbocycles. The van der Waals surface area contributed by atoms with Crippen molar-refractivity contribution in [2.24, 2.45) is 0 Å².